The zero-order chi connectivity index (χ0) is 13.1. The van der Waals surface area contributed by atoms with Crippen molar-refractivity contribution in [3.8, 4) is 11.1 Å². The average Bonchev–Trinajstić information content (AvgIpc) is 2.32. The third-order valence-electron chi connectivity index (χ3n) is 2.51. The summed E-state index contributed by atoms with van der Waals surface area (Å²) in [5, 5.41) is 3.36. The van der Waals surface area contributed by atoms with Gasteiger partial charge >= 0.3 is 0 Å². The van der Waals surface area contributed by atoms with Gasteiger partial charge in [0.1, 0.15) is 0 Å². The molecule has 2 aromatic rings. The van der Waals surface area contributed by atoms with E-state index in [0.717, 1.165) is 16.8 Å². The summed E-state index contributed by atoms with van der Waals surface area (Å²) in [7, 11) is 0. The Morgan fingerprint density at radius 1 is 1.17 bits per heavy atom. The number of benzene rings is 2. The fourth-order valence-corrected chi connectivity index (χ4v) is 1.92. The molecule has 0 saturated carbocycles. The standard InChI is InChI=1S/C14H13ClN2O/c1-9(18)17-12-6-7-14(15)13(8-12)10-2-4-11(16)5-3-10/h2-8H,16H2,1H3,(H,17,18). The van der Waals surface area contributed by atoms with Gasteiger partial charge in [0.05, 0.1) is 0 Å². The van der Waals surface area contributed by atoms with Crippen LogP contribution in [0.4, 0.5) is 11.4 Å². The summed E-state index contributed by atoms with van der Waals surface area (Å²) in [5.74, 6) is -0.111. The molecule has 0 saturated heterocycles. The maximum atomic E-state index is 11.0. The van der Waals surface area contributed by atoms with Crippen molar-refractivity contribution in [2.45, 2.75) is 6.92 Å². The molecule has 3 N–H and O–H groups in total. The molecule has 1 amide bonds. The number of nitrogens with two attached hydrogens (primary N) is 1. The summed E-state index contributed by atoms with van der Waals surface area (Å²) in [6.07, 6.45) is 0. The van der Waals surface area contributed by atoms with E-state index in [9.17, 15) is 4.79 Å². The van der Waals surface area contributed by atoms with E-state index in [1.807, 2.05) is 30.3 Å². The van der Waals surface area contributed by atoms with Gasteiger partial charge in [0.2, 0.25) is 5.91 Å². The molecule has 0 spiro atoms. The molecule has 0 fully saturated rings. The van der Waals surface area contributed by atoms with Crippen molar-refractivity contribution in [1.82, 2.24) is 0 Å². The zero-order valence-corrected chi connectivity index (χ0v) is 10.7. The van der Waals surface area contributed by atoms with E-state index in [2.05, 4.69) is 5.32 Å². The summed E-state index contributed by atoms with van der Waals surface area (Å²) in [6, 6.07) is 12.8. The Labute approximate surface area is 111 Å². The minimum atomic E-state index is -0.111. The monoisotopic (exact) mass is 260 g/mol. The Hall–Kier alpha value is -2.00. The lowest BCUT2D eigenvalue weighted by atomic mass is 10.0. The van der Waals surface area contributed by atoms with Crippen molar-refractivity contribution in [1.29, 1.82) is 0 Å². The van der Waals surface area contributed by atoms with Crippen molar-refractivity contribution >= 4 is 28.9 Å². The Balaban J connectivity index is 2.42. The van der Waals surface area contributed by atoms with Crippen LogP contribution < -0.4 is 11.1 Å². The van der Waals surface area contributed by atoms with Gasteiger partial charge in [-0.3, -0.25) is 4.79 Å². The first-order chi connectivity index (χ1) is 8.56. The van der Waals surface area contributed by atoms with Crippen LogP contribution in [0.5, 0.6) is 0 Å². The minimum Gasteiger partial charge on any atom is -0.399 e. The Morgan fingerprint density at radius 3 is 2.44 bits per heavy atom. The first kappa shape index (κ1) is 12.5. The highest BCUT2D eigenvalue weighted by atomic mass is 35.5. The average molecular weight is 261 g/mol. The van der Waals surface area contributed by atoms with Crippen molar-refractivity contribution < 1.29 is 4.79 Å². The molecule has 0 unspecified atom stereocenters. The molecule has 0 radical (unpaired) electrons. The van der Waals surface area contributed by atoms with Crippen molar-refractivity contribution in [3.05, 3.63) is 47.5 Å². The number of anilines is 2. The smallest absolute Gasteiger partial charge is 0.221 e. The third-order valence-corrected chi connectivity index (χ3v) is 2.84. The van der Waals surface area contributed by atoms with E-state index in [1.165, 1.54) is 6.92 Å². The Bertz CT molecular complexity index is 579. The number of carbonyl (C=O) groups is 1. The van der Waals surface area contributed by atoms with Crippen LogP contribution in [0.15, 0.2) is 42.5 Å². The summed E-state index contributed by atoms with van der Waals surface area (Å²) < 4.78 is 0. The van der Waals surface area contributed by atoms with Crippen LogP contribution in [0, 0.1) is 0 Å². The highest BCUT2D eigenvalue weighted by molar-refractivity contribution is 6.33. The van der Waals surface area contributed by atoms with Crippen LogP contribution >= 0.6 is 11.6 Å². The summed E-state index contributed by atoms with van der Waals surface area (Å²) in [4.78, 5) is 11.0. The number of carbonyl (C=O) groups excluding carboxylic acids is 1. The van der Waals surface area contributed by atoms with E-state index >= 15 is 0 Å². The summed E-state index contributed by atoms with van der Waals surface area (Å²) >= 11 is 6.16. The van der Waals surface area contributed by atoms with E-state index in [0.29, 0.717) is 10.7 Å². The second-order valence-electron chi connectivity index (χ2n) is 4.00. The van der Waals surface area contributed by atoms with Crippen molar-refractivity contribution in [2.75, 3.05) is 11.1 Å². The SMILES string of the molecule is CC(=O)Nc1ccc(Cl)c(-c2ccc(N)cc2)c1. The fraction of sp³-hybridized carbons (Fsp3) is 0.0714. The molecule has 0 atom stereocenters. The van der Waals surface area contributed by atoms with Crippen molar-refractivity contribution in [2.24, 2.45) is 0 Å². The predicted octanol–water partition coefficient (Wildman–Crippen LogP) is 3.55. The molecular weight excluding hydrogens is 248 g/mol. The number of hydrogen-bond acceptors (Lipinski definition) is 2. The normalized spacial score (nSPS) is 10.1. The number of hydrogen-bond donors (Lipinski definition) is 2. The lowest BCUT2D eigenvalue weighted by Gasteiger charge is -2.08. The van der Waals surface area contributed by atoms with E-state index in [-0.39, 0.29) is 5.91 Å². The van der Waals surface area contributed by atoms with Crippen LogP contribution in [0.1, 0.15) is 6.92 Å². The third kappa shape index (κ3) is 2.81. The highest BCUT2D eigenvalue weighted by Gasteiger charge is 2.05. The zero-order valence-electron chi connectivity index (χ0n) is 9.91. The van der Waals surface area contributed by atoms with Crippen LogP contribution in [0.2, 0.25) is 5.02 Å². The van der Waals surface area contributed by atoms with Crippen LogP contribution in [0.3, 0.4) is 0 Å². The predicted molar refractivity (Wildman–Crippen MR) is 75.6 cm³/mol. The van der Waals surface area contributed by atoms with Gasteiger partial charge < -0.3 is 11.1 Å². The van der Waals surface area contributed by atoms with Gasteiger partial charge in [0.25, 0.3) is 0 Å². The molecule has 92 valence electrons. The molecule has 3 nitrogen and oxygen atoms in total. The molecule has 2 rings (SSSR count). The largest absolute Gasteiger partial charge is 0.399 e. The summed E-state index contributed by atoms with van der Waals surface area (Å²) in [6.45, 7) is 1.47. The second-order valence-corrected chi connectivity index (χ2v) is 4.41. The van der Waals surface area contributed by atoms with Gasteiger partial charge in [-0.05, 0) is 35.9 Å². The van der Waals surface area contributed by atoms with E-state index in [4.69, 9.17) is 17.3 Å². The summed E-state index contributed by atoms with van der Waals surface area (Å²) in [5.41, 5.74) is 8.89. The van der Waals surface area contributed by atoms with Crippen molar-refractivity contribution in [3.63, 3.8) is 0 Å². The molecule has 0 aromatic heterocycles. The van der Waals surface area contributed by atoms with Crippen LogP contribution in [-0.4, -0.2) is 5.91 Å². The lowest BCUT2D eigenvalue weighted by molar-refractivity contribution is -0.114. The maximum Gasteiger partial charge on any atom is 0.221 e. The number of nitrogens with one attached hydrogen (secondary N) is 1. The number of halogens is 1. The van der Waals surface area contributed by atoms with Gasteiger partial charge in [-0.2, -0.15) is 0 Å². The number of nitrogen functional groups attached to an aromatic ring is 1. The Morgan fingerprint density at radius 2 is 1.83 bits per heavy atom. The molecule has 4 heteroatoms. The molecule has 0 aliphatic heterocycles. The van der Waals surface area contributed by atoms with Gasteiger partial charge in [0, 0.05) is 28.9 Å². The maximum absolute atomic E-state index is 11.0. The molecule has 2 aromatic carbocycles. The fourth-order valence-electron chi connectivity index (χ4n) is 1.69. The molecule has 0 heterocycles. The lowest BCUT2D eigenvalue weighted by Crippen LogP contribution is -2.05. The van der Waals surface area contributed by atoms with Crippen LogP contribution in [-0.2, 0) is 4.79 Å². The highest BCUT2D eigenvalue weighted by Crippen LogP contribution is 2.31. The molecule has 0 aliphatic rings. The minimum absolute atomic E-state index is 0.111. The van der Waals surface area contributed by atoms with Gasteiger partial charge in [-0.1, -0.05) is 23.7 Å². The first-order valence-electron chi connectivity index (χ1n) is 5.49. The van der Waals surface area contributed by atoms with E-state index in [1.54, 1.807) is 12.1 Å². The van der Waals surface area contributed by atoms with Gasteiger partial charge in [-0.25, -0.2) is 0 Å². The first-order valence-corrected chi connectivity index (χ1v) is 5.87. The molecule has 0 aliphatic carbocycles. The molecular formula is C14H13ClN2O. The number of rotatable bonds is 2. The van der Waals surface area contributed by atoms with Gasteiger partial charge in [0.15, 0.2) is 0 Å². The van der Waals surface area contributed by atoms with Gasteiger partial charge in [-0.15, -0.1) is 0 Å². The quantitative estimate of drug-likeness (QED) is 0.812. The van der Waals surface area contributed by atoms with E-state index < -0.39 is 0 Å². The van der Waals surface area contributed by atoms with Crippen LogP contribution in [0.25, 0.3) is 11.1 Å². The second kappa shape index (κ2) is 5.10. The molecule has 0 bridgehead atoms. The number of amides is 1. The molecule has 18 heavy (non-hydrogen) atoms. The Kier molecular flexibility index (Phi) is 3.53. The topological polar surface area (TPSA) is 55.1 Å².